The highest BCUT2D eigenvalue weighted by molar-refractivity contribution is 5.62. The van der Waals surface area contributed by atoms with Crippen LogP contribution in [0.1, 0.15) is 0 Å². The monoisotopic (exact) mass is 241 g/mol. The van der Waals surface area contributed by atoms with Crippen LogP contribution in [0.3, 0.4) is 0 Å². The standard InChI is InChI=1S/C13H11N3O2/c1-18-10-4-2-3-9(5-10)11-7-16-8-14-6-12(16)13(17)15-11/h2-8H,1H3,(H,15,17). The summed E-state index contributed by atoms with van der Waals surface area (Å²) < 4.78 is 6.87. The largest absolute Gasteiger partial charge is 0.497 e. The Morgan fingerprint density at radius 3 is 3.11 bits per heavy atom. The third-order valence-electron chi connectivity index (χ3n) is 2.80. The number of ether oxygens (including phenoxy) is 1. The van der Waals surface area contributed by atoms with Crippen LogP contribution in [-0.4, -0.2) is 21.5 Å². The van der Waals surface area contributed by atoms with Gasteiger partial charge in [-0.25, -0.2) is 4.98 Å². The summed E-state index contributed by atoms with van der Waals surface area (Å²) in [6.07, 6.45) is 4.97. The van der Waals surface area contributed by atoms with Crippen molar-refractivity contribution >= 4 is 5.52 Å². The highest BCUT2D eigenvalue weighted by atomic mass is 16.5. The molecular formula is C13H11N3O2. The fourth-order valence-electron chi connectivity index (χ4n) is 1.88. The summed E-state index contributed by atoms with van der Waals surface area (Å²) in [4.78, 5) is 18.6. The smallest absolute Gasteiger partial charge is 0.274 e. The molecule has 0 aliphatic rings. The normalized spacial score (nSPS) is 10.7. The molecule has 0 amide bonds. The topological polar surface area (TPSA) is 59.4 Å². The average Bonchev–Trinajstić information content (AvgIpc) is 2.87. The Morgan fingerprint density at radius 1 is 1.39 bits per heavy atom. The molecule has 3 rings (SSSR count). The van der Waals surface area contributed by atoms with Gasteiger partial charge in [-0.15, -0.1) is 0 Å². The Hall–Kier alpha value is -2.56. The van der Waals surface area contributed by atoms with E-state index in [4.69, 9.17) is 4.74 Å². The number of fused-ring (bicyclic) bond motifs is 1. The first-order chi connectivity index (χ1) is 8.78. The molecular weight excluding hydrogens is 230 g/mol. The van der Waals surface area contributed by atoms with Gasteiger partial charge in [0, 0.05) is 11.8 Å². The summed E-state index contributed by atoms with van der Waals surface area (Å²) in [6, 6.07) is 7.52. The van der Waals surface area contributed by atoms with Crippen LogP contribution >= 0.6 is 0 Å². The van der Waals surface area contributed by atoms with Crippen LogP contribution in [0.2, 0.25) is 0 Å². The Labute approximate surface area is 103 Å². The van der Waals surface area contributed by atoms with E-state index in [1.165, 1.54) is 6.20 Å². The number of rotatable bonds is 2. The first kappa shape index (κ1) is 10.6. The van der Waals surface area contributed by atoms with Gasteiger partial charge < -0.3 is 9.72 Å². The van der Waals surface area contributed by atoms with Crippen molar-refractivity contribution in [2.75, 3.05) is 7.11 Å². The van der Waals surface area contributed by atoms with Crippen molar-refractivity contribution in [3.05, 3.63) is 53.3 Å². The number of H-pyrrole nitrogens is 1. The number of benzene rings is 1. The number of aromatic nitrogens is 3. The lowest BCUT2D eigenvalue weighted by atomic mass is 10.1. The minimum atomic E-state index is -0.159. The first-order valence-electron chi connectivity index (χ1n) is 5.47. The van der Waals surface area contributed by atoms with Gasteiger partial charge >= 0.3 is 0 Å². The van der Waals surface area contributed by atoms with Crippen LogP contribution in [0.4, 0.5) is 0 Å². The molecule has 0 spiro atoms. The van der Waals surface area contributed by atoms with E-state index < -0.39 is 0 Å². The number of nitrogens with zero attached hydrogens (tertiary/aromatic N) is 2. The maximum absolute atomic E-state index is 11.8. The average molecular weight is 241 g/mol. The third-order valence-corrected chi connectivity index (χ3v) is 2.80. The van der Waals surface area contributed by atoms with Gasteiger partial charge in [0.2, 0.25) is 0 Å². The molecule has 18 heavy (non-hydrogen) atoms. The van der Waals surface area contributed by atoms with E-state index >= 15 is 0 Å². The Bertz CT molecular complexity index is 758. The summed E-state index contributed by atoms with van der Waals surface area (Å²) in [7, 11) is 1.61. The van der Waals surface area contributed by atoms with Crippen LogP contribution < -0.4 is 10.3 Å². The maximum Gasteiger partial charge on any atom is 0.274 e. The highest BCUT2D eigenvalue weighted by Crippen LogP contribution is 2.21. The number of nitrogens with one attached hydrogen (secondary N) is 1. The second-order valence-corrected chi connectivity index (χ2v) is 3.92. The van der Waals surface area contributed by atoms with E-state index in [2.05, 4.69) is 9.97 Å². The molecule has 2 heterocycles. The van der Waals surface area contributed by atoms with Gasteiger partial charge in [0.15, 0.2) is 0 Å². The molecule has 0 bridgehead atoms. The third kappa shape index (κ3) is 1.66. The Balaban J connectivity index is 2.21. The number of hydrogen-bond donors (Lipinski definition) is 1. The molecule has 0 aliphatic carbocycles. The van der Waals surface area contributed by atoms with Gasteiger partial charge in [-0.1, -0.05) is 12.1 Å². The molecule has 90 valence electrons. The van der Waals surface area contributed by atoms with Crippen molar-refractivity contribution in [2.24, 2.45) is 0 Å². The van der Waals surface area contributed by atoms with Gasteiger partial charge in [0.1, 0.15) is 11.3 Å². The molecule has 0 atom stereocenters. The summed E-state index contributed by atoms with van der Waals surface area (Å²) in [6.45, 7) is 0. The minimum Gasteiger partial charge on any atom is -0.497 e. The molecule has 5 nitrogen and oxygen atoms in total. The zero-order chi connectivity index (χ0) is 12.5. The Morgan fingerprint density at radius 2 is 2.28 bits per heavy atom. The Kier molecular flexibility index (Phi) is 2.37. The van der Waals surface area contributed by atoms with Crippen molar-refractivity contribution in [3.63, 3.8) is 0 Å². The van der Waals surface area contributed by atoms with Crippen molar-refractivity contribution < 1.29 is 4.74 Å². The van der Waals surface area contributed by atoms with Crippen LogP contribution in [0.5, 0.6) is 5.75 Å². The lowest BCUT2D eigenvalue weighted by Crippen LogP contribution is -2.09. The van der Waals surface area contributed by atoms with Gasteiger partial charge in [-0.05, 0) is 12.1 Å². The molecule has 1 aromatic carbocycles. The van der Waals surface area contributed by atoms with Crippen molar-refractivity contribution in [1.82, 2.24) is 14.4 Å². The zero-order valence-corrected chi connectivity index (χ0v) is 9.75. The fourth-order valence-corrected chi connectivity index (χ4v) is 1.88. The van der Waals surface area contributed by atoms with Crippen LogP contribution in [0.15, 0.2) is 47.8 Å². The SMILES string of the molecule is COc1cccc(-c2cn3cncc3c(=O)[nH]2)c1. The van der Waals surface area contributed by atoms with Gasteiger partial charge in [0.25, 0.3) is 5.56 Å². The van der Waals surface area contributed by atoms with Crippen molar-refractivity contribution in [1.29, 1.82) is 0 Å². The first-order valence-corrected chi connectivity index (χ1v) is 5.47. The summed E-state index contributed by atoms with van der Waals surface area (Å²) in [5.41, 5.74) is 1.99. The molecule has 0 saturated heterocycles. The van der Waals surface area contributed by atoms with E-state index in [-0.39, 0.29) is 5.56 Å². The molecule has 0 aliphatic heterocycles. The van der Waals surface area contributed by atoms with Crippen molar-refractivity contribution in [2.45, 2.75) is 0 Å². The van der Waals surface area contributed by atoms with Crippen LogP contribution in [0, 0.1) is 0 Å². The van der Waals surface area contributed by atoms with E-state index in [0.717, 1.165) is 17.0 Å². The summed E-state index contributed by atoms with van der Waals surface area (Å²) in [5, 5.41) is 0. The van der Waals surface area contributed by atoms with E-state index in [0.29, 0.717) is 5.52 Å². The number of aromatic amines is 1. The number of hydrogen-bond acceptors (Lipinski definition) is 3. The van der Waals surface area contributed by atoms with Crippen molar-refractivity contribution in [3.8, 4) is 17.0 Å². The summed E-state index contributed by atoms with van der Waals surface area (Å²) >= 11 is 0. The second-order valence-electron chi connectivity index (χ2n) is 3.92. The van der Waals surface area contributed by atoms with E-state index in [9.17, 15) is 4.79 Å². The summed E-state index contributed by atoms with van der Waals surface area (Å²) in [5.74, 6) is 0.749. The second kappa shape index (κ2) is 4.03. The molecule has 3 aromatic rings. The van der Waals surface area contributed by atoms with Gasteiger partial charge in [-0.3, -0.25) is 9.20 Å². The molecule has 0 radical (unpaired) electrons. The van der Waals surface area contributed by atoms with E-state index in [1.54, 1.807) is 17.8 Å². The van der Waals surface area contributed by atoms with Crippen LogP contribution in [-0.2, 0) is 0 Å². The van der Waals surface area contributed by atoms with Crippen LogP contribution in [0.25, 0.3) is 16.8 Å². The quantitative estimate of drug-likeness (QED) is 0.742. The molecule has 0 fully saturated rings. The maximum atomic E-state index is 11.8. The van der Waals surface area contributed by atoms with Gasteiger partial charge in [0.05, 0.1) is 25.3 Å². The molecule has 5 heteroatoms. The molecule has 2 aromatic heterocycles. The lowest BCUT2D eigenvalue weighted by molar-refractivity contribution is 0.415. The lowest BCUT2D eigenvalue weighted by Gasteiger charge is -2.05. The number of imidazole rings is 1. The van der Waals surface area contributed by atoms with E-state index in [1.807, 2.05) is 30.5 Å². The molecule has 1 N–H and O–H groups in total. The predicted octanol–water partition coefficient (Wildman–Crippen LogP) is 1.70. The molecule has 0 unspecified atom stereocenters. The minimum absolute atomic E-state index is 0.159. The number of methoxy groups -OCH3 is 1. The fraction of sp³-hybridized carbons (Fsp3) is 0.0769. The van der Waals surface area contributed by atoms with Gasteiger partial charge in [-0.2, -0.15) is 0 Å². The predicted molar refractivity (Wildman–Crippen MR) is 67.8 cm³/mol. The molecule has 0 saturated carbocycles. The highest BCUT2D eigenvalue weighted by Gasteiger charge is 2.05. The zero-order valence-electron chi connectivity index (χ0n) is 9.75.